The van der Waals surface area contributed by atoms with Crippen molar-refractivity contribution in [2.45, 2.75) is 37.5 Å². The molecular weight excluding hydrogens is 388 g/mol. The maximum Gasteiger partial charge on any atom is 0.403 e. The topological polar surface area (TPSA) is 78.9 Å². The van der Waals surface area contributed by atoms with Gasteiger partial charge in [0.2, 0.25) is 0 Å². The molecule has 0 fully saturated rings. The maximum atomic E-state index is 11.0. The first kappa shape index (κ1) is 23.5. The number of halogens is 1. The molecule has 0 amide bonds. The number of hydrogen-bond donors (Lipinski definition) is 1. The molecule has 0 aliphatic rings. The van der Waals surface area contributed by atoms with Crippen molar-refractivity contribution in [3.05, 3.63) is 36.2 Å². The van der Waals surface area contributed by atoms with Crippen LogP contribution in [0.4, 0.5) is 9.59 Å². The maximum absolute atomic E-state index is 11.0. The minimum atomic E-state index is -0.738. The van der Waals surface area contributed by atoms with Gasteiger partial charge in [0.15, 0.2) is 0 Å². The Balaban J connectivity index is 0.000000378. The molecule has 2 aromatic rings. The number of carbonyl (C=O) groups excluding carboxylic acids is 2. The summed E-state index contributed by atoms with van der Waals surface area (Å²) in [4.78, 5) is 22.3. The molecule has 0 radical (unpaired) electrons. The van der Waals surface area contributed by atoms with E-state index in [0.717, 1.165) is 33.1 Å². The fourth-order valence-electron chi connectivity index (χ4n) is 1.21. The zero-order valence-electron chi connectivity index (χ0n) is 14.4. The Hall–Kier alpha value is -1.51. The number of thiol groups is 1. The zero-order valence-corrected chi connectivity index (χ0v) is 16.9. The van der Waals surface area contributed by atoms with Crippen molar-refractivity contribution < 1.29 is 27.9 Å². The SMILES string of the molecule is CCOC(=O)Cl.CCOC(=O)Sc1ccoc1C.Cc1occc1S. The molecule has 9 heteroatoms. The van der Waals surface area contributed by atoms with E-state index in [4.69, 9.17) is 25.2 Å². The number of furan rings is 2. The highest BCUT2D eigenvalue weighted by Gasteiger charge is 2.08. The van der Waals surface area contributed by atoms with Crippen LogP contribution < -0.4 is 0 Å². The lowest BCUT2D eigenvalue weighted by Crippen LogP contribution is -1.95. The lowest BCUT2D eigenvalue weighted by molar-refractivity contribution is 0.179. The fourth-order valence-corrected chi connectivity index (χ4v) is 2.10. The molecule has 0 N–H and O–H groups in total. The van der Waals surface area contributed by atoms with Crippen LogP contribution in [-0.4, -0.2) is 23.9 Å². The van der Waals surface area contributed by atoms with Crippen molar-refractivity contribution in [1.82, 2.24) is 0 Å². The summed E-state index contributed by atoms with van der Waals surface area (Å²) in [5.74, 6) is 1.62. The summed E-state index contributed by atoms with van der Waals surface area (Å²) in [6, 6.07) is 3.56. The third kappa shape index (κ3) is 11.6. The van der Waals surface area contributed by atoms with Crippen molar-refractivity contribution in [2.75, 3.05) is 13.2 Å². The number of rotatable bonds is 3. The van der Waals surface area contributed by atoms with Crippen molar-refractivity contribution in [3.8, 4) is 0 Å². The van der Waals surface area contributed by atoms with E-state index in [2.05, 4.69) is 17.4 Å². The van der Waals surface area contributed by atoms with Crippen molar-refractivity contribution in [2.24, 2.45) is 0 Å². The highest BCUT2D eigenvalue weighted by atomic mass is 35.5. The number of aryl methyl sites for hydroxylation is 2. The lowest BCUT2D eigenvalue weighted by Gasteiger charge is -1.98. The molecule has 0 aliphatic heterocycles. The van der Waals surface area contributed by atoms with Gasteiger partial charge in [0.25, 0.3) is 0 Å². The van der Waals surface area contributed by atoms with Gasteiger partial charge in [0.1, 0.15) is 11.5 Å². The predicted molar refractivity (Wildman–Crippen MR) is 99.9 cm³/mol. The van der Waals surface area contributed by atoms with Gasteiger partial charge >= 0.3 is 10.7 Å². The minimum absolute atomic E-state index is 0.290. The average Bonchev–Trinajstić information content (AvgIpc) is 3.10. The first-order chi connectivity index (χ1) is 11.8. The quantitative estimate of drug-likeness (QED) is 0.284. The summed E-state index contributed by atoms with van der Waals surface area (Å²) in [5, 5.41) is -0.290. The molecule has 0 spiro atoms. The molecule has 0 saturated heterocycles. The summed E-state index contributed by atoms with van der Waals surface area (Å²) >= 11 is 9.82. The van der Waals surface area contributed by atoms with E-state index < -0.39 is 5.43 Å². The Morgan fingerprint density at radius 1 is 1.08 bits per heavy atom. The van der Waals surface area contributed by atoms with Gasteiger partial charge in [-0.1, -0.05) is 0 Å². The number of ether oxygens (including phenoxy) is 2. The van der Waals surface area contributed by atoms with Crippen LogP contribution in [0.3, 0.4) is 0 Å². The highest BCUT2D eigenvalue weighted by Crippen LogP contribution is 2.24. The van der Waals surface area contributed by atoms with Gasteiger partial charge in [-0.25, -0.2) is 9.59 Å². The van der Waals surface area contributed by atoms with Crippen molar-refractivity contribution >= 4 is 46.7 Å². The molecule has 2 aromatic heterocycles. The zero-order chi connectivity index (χ0) is 19.2. The molecule has 25 heavy (non-hydrogen) atoms. The monoisotopic (exact) mass is 408 g/mol. The van der Waals surface area contributed by atoms with Crippen LogP contribution in [0, 0.1) is 13.8 Å². The van der Waals surface area contributed by atoms with Crippen LogP contribution in [0.15, 0.2) is 43.3 Å². The summed E-state index contributed by atoms with van der Waals surface area (Å²) in [5.41, 5.74) is -0.738. The fraction of sp³-hybridized carbons (Fsp3) is 0.375. The van der Waals surface area contributed by atoms with Crippen molar-refractivity contribution in [1.29, 1.82) is 0 Å². The van der Waals surface area contributed by atoms with Gasteiger partial charge in [-0.05, 0) is 51.6 Å². The number of hydrogen-bond acceptors (Lipinski definition) is 8. The second-order valence-electron chi connectivity index (χ2n) is 4.16. The van der Waals surface area contributed by atoms with Gasteiger partial charge in [0, 0.05) is 16.5 Å². The second-order valence-corrected chi connectivity index (χ2v) is 5.93. The van der Waals surface area contributed by atoms with E-state index in [9.17, 15) is 9.59 Å². The van der Waals surface area contributed by atoms with Crippen LogP contribution in [0.25, 0.3) is 0 Å². The van der Waals surface area contributed by atoms with E-state index in [1.807, 2.05) is 19.9 Å². The predicted octanol–water partition coefficient (Wildman–Crippen LogP) is 6.10. The van der Waals surface area contributed by atoms with Gasteiger partial charge in [-0.2, -0.15) is 0 Å². The summed E-state index contributed by atoms with van der Waals surface area (Å²) in [6.07, 6.45) is 3.18. The molecule has 0 aliphatic carbocycles. The third-order valence-corrected chi connectivity index (χ3v) is 3.86. The standard InChI is InChI=1S/C8H10O3S.C5H6OS.C3H5ClO2/c1-3-10-8(9)12-7-4-5-11-6(7)2;1-4-5(7)2-3-6-4;1-2-6-3(4)5/h4-5H,3H2,1-2H3;2-3,7H,1H3;2H2,1H3. The van der Waals surface area contributed by atoms with Crippen LogP contribution in [0.5, 0.6) is 0 Å². The molecule has 140 valence electrons. The molecule has 2 heterocycles. The Kier molecular flexibility index (Phi) is 12.9. The highest BCUT2D eigenvalue weighted by molar-refractivity contribution is 8.13. The first-order valence-corrected chi connectivity index (χ1v) is 8.89. The van der Waals surface area contributed by atoms with Gasteiger partial charge < -0.3 is 18.3 Å². The molecule has 0 atom stereocenters. The van der Waals surface area contributed by atoms with E-state index in [1.165, 1.54) is 0 Å². The molecular formula is C16H21ClO6S2. The Morgan fingerprint density at radius 2 is 1.64 bits per heavy atom. The van der Waals surface area contributed by atoms with Crippen LogP contribution in [-0.2, 0) is 9.47 Å². The summed E-state index contributed by atoms with van der Waals surface area (Å²) in [7, 11) is 0. The van der Waals surface area contributed by atoms with Gasteiger partial charge in [-0.15, -0.1) is 12.6 Å². The van der Waals surface area contributed by atoms with Crippen LogP contribution in [0.2, 0.25) is 0 Å². The molecule has 0 aromatic carbocycles. The van der Waals surface area contributed by atoms with Crippen LogP contribution in [0.1, 0.15) is 25.4 Å². The normalized spacial score (nSPS) is 9.20. The molecule has 0 unspecified atom stereocenters. The molecule has 2 rings (SSSR count). The minimum Gasteiger partial charge on any atom is -0.468 e. The molecule has 0 saturated carbocycles. The van der Waals surface area contributed by atoms with Crippen molar-refractivity contribution in [3.63, 3.8) is 0 Å². The Labute approximate surface area is 161 Å². The summed E-state index contributed by atoms with van der Waals surface area (Å²) < 4.78 is 18.8. The van der Waals surface area contributed by atoms with Gasteiger partial charge in [-0.3, -0.25) is 0 Å². The first-order valence-electron chi connectivity index (χ1n) is 7.25. The smallest absolute Gasteiger partial charge is 0.403 e. The number of carbonyl (C=O) groups is 2. The molecule has 6 nitrogen and oxygen atoms in total. The lowest BCUT2D eigenvalue weighted by atomic mass is 10.5. The average molecular weight is 409 g/mol. The van der Waals surface area contributed by atoms with E-state index in [1.54, 1.807) is 32.4 Å². The third-order valence-electron chi connectivity index (χ3n) is 2.36. The van der Waals surface area contributed by atoms with E-state index in [0.29, 0.717) is 13.2 Å². The Bertz CT molecular complexity index is 622. The van der Waals surface area contributed by atoms with E-state index >= 15 is 0 Å². The Morgan fingerprint density at radius 3 is 1.92 bits per heavy atom. The number of thioether (sulfide) groups is 1. The largest absolute Gasteiger partial charge is 0.468 e. The molecule has 0 bridgehead atoms. The summed E-state index contributed by atoms with van der Waals surface area (Å²) in [6.45, 7) is 7.91. The second kappa shape index (κ2) is 13.7. The van der Waals surface area contributed by atoms with Gasteiger partial charge in [0.05, 0.1) is 30.6 Å². The van der Waals surface area contributed by atoms with E-state index in [-0.39, 0.29) is 5.30 Å². The van der Waals surface area contributed by atoms with Crippen LogP contribution >= 0.6 is 36.0 Å².